The summed E-state index contributed by atoms with van der Waals surface area (Å²) in [6, 6.07) is 14.3. The molecule has 152 valence electrons. The molecule has 0 unspecified atom stereocenters. The van der Waals surface area contributed by atoms with E-state index in [-0.39, 0.29) is 17.4 Å². The molecule has 7 nitrogen and oxygen atoms in total. The Bertz CT molecular complexity index is 1020. The van der Waals surface area contributed by atoms with Crippen LogP contribution in [-0.2, 0) is 19.6 Å². The number of sulfonamides is 1. The molecule has 2 aromatic rings. The maximum absolute atomic E-state index is 13.0. The second kappa shape index (κ2) is 8.48. The van der Waals surface area contributed by atoms with Crippen molar-refractivity contribution in [3.05, 3.63) is 78.1 Å². The topological polar surface area (TPSA) is 95.6 Å². The molecule has 1 heterocycles. The Morgan fingerprint density at radius 3 is 2.45 bits per heavy atom. The van der Waals surface area contributed by atoms with E-state index < -0.39 is 27.9 Å². The molecule has 0 aliphatic carbocycles. The second-order valence-electron chi connectivity index (χ2n) is 6.89. The number of rotatable bonds is 6. The first-order valence-corrected chi connectivity index (χ1v) is 10.6. The molecular formula is C21H23N3O4S. The molecule has 0 bridgehead atoms. The third kappa shape index (κ3) is 4.65. The summed E-state index contributed by atoms with van der Waals surface area (Å²) in [4.78, 5) is 25.0. The smallest absolute Gasteiger partial charge is 0.264 e. The zero-order valence-corrected chi connectivity index (χ0v) is 17.0. The van der Waals surface area contributed by atoms with Crippen LogP contribution < -0.4 is 10.6 Å². The van der Waals surface area contributed by atoms with E-state index in [1.165, 1.54) is 24.5 Å². The van der Waals surface area contributed by atoms with Gasteiger partial charge in [-0.15, -0.1) is 0 Å². The predicted octanol–water partition coefficient (Wildman–Crippen LogP) is 2.22. The quantitative estimate of drug-likeness (QED) is 0.759. The van der Waals surface area contributed by atoms with Crippen molar-refractivity contribution in [2.24, 2.45) is 0 Å². The van der Waals surface area contributed by atoms with Gasteiger partial charge in [-0.1, -0.05) is 48.0 Å². The molecular weight excluding hydrogens is 390 g/mol. The van der Waals surface area contributed by atoms with Gasteiger partial charge in [0.25, 0.3) is 10.0 Å². The van der Waals surface area contributed by atoms with E-state index in [9.17, 15) is 18.0 Å². The lowest BCUT2D eigenvalue weighted by atomic mass is 10.1. The third-order valence-electron chi connectivity index (χ3n) is 4.71. The summed E-state index contributed by atoms with van der Waals surface area (Å²) in [5, 5.41) is 5.30. The Labute approximate surface area is 170 Å². The minimum atomic E-state index is -3.98. The summed E-state index contributed by atoms with van der Waals surface area (Å²) in [6.45, 7) is 3.68. The number of carbonyl (C=O) groups excluding carboxylic acids is 2. The average Bonchev–Trinajstić information content (AvgIpc) is 2.70. The number of aryl methyl sites for hydroxylation is 1. The van der Waals surface area contributed by atoms with E-state index in [4.69, 9.17) is 0 Å². The van der Waals surface area contributed by atoms with Crippen LogP contribution in [0.4, 0.5) is 0 Å². The molecule has 0 fully saturated rings. The lowest BCUT2D eigenvalue weighted by Crippen LogP contribution is -2.51. The van der Waals surface area contributed by atoms with E-state index >= 15 is 0 Å². The summed E-state index contributed by atoms with van der Waals surface area (Å²) in [5.74, 6) is -0.966. The fourth-order valence-electron chi connectivity index (χ4n) is 3.07. The van der Waals surface area contributed by atoms with Crippen molar-refractivity contribution in [2.75, 3.05) is 0 Å². The summed E-state index contributed by atoms with van der Waals surface area (Å²) < 4.78 is 27.0. The normalized spacial score (nSPS) is 17.5. The highest BCUT2D eigenvalue weighted by Crippen LogP contribution is 2.23. The fourth-order valence-corrected chi connectivity index (χ4v) is 4.52. The zero-order valence-electron chi connectivity index (χ0n) is 16.2. The summed E-state index contributed by atoms with van der Waals surface area (Å²) >= 11 is 0. The van der Waals surface area contributed by atoms with Gasteiger partial charge in [0.2, 0.25) is 11.8 Å². The molecule has 0 saturated carbocycles. The summed E-state index contributed by atoms with van der Waals surface area (Å²) in [6.07, 6.45) is 2.24. The van der Waals surface area contributed by atoms with E-state index in [0.29, 0.717) is 0 Å². The largest absolute Gasteiger partial charge is 0.350 e. The molecule has 29 heavy (non-hydrogen) atoms. The molecule has 2 N–H and O–H groups in total. The van der Waals surface area contributed by atoms with Gasteiger partial charge in [0.1, 0.15) is 6.04 Å². The van der Waals surface area contributed by atoms with Crippen molar-refractivity contribution in [3.8, 4) is 0 Å². The van der Waals surface area contributed by atoms with Gasteiger partial charge in [0.15, 0.2) is 0 Å². The molecule has 3 rings (SSSR count). The van der Waals surface area contributed by atoms with Crippen LogP contribution in [0.5, 0.6) is 0 Å². The fraction of sp³-hybridized carbons (Fsp3) is 0.238. The first-order chi connectivity index (χ1) is 13.8. The number of amides is 2. The van der Waals surface area contributed by atoms with E-state index in [1.54, 1.807) is 12.1 Å². The Morgan fingerprint density at radius 1 is 1.14 bits per heavy atom. The number of benzene rings is 2. The Kier molecular flexibility index (Phi) is 6.03. The highest BCUT2D eigenvalue weighted by atomic mass is 32.2. The number of hydrogen-bond acceptors (Lipinski definition) is 4. The molecule has 2 amide bonds. The van der Waals surface area contributed by atoms with Gasteiger partial charge in [-0.2, -0.15) is 0 Å². The van der Waals surface area contributed by atoms with Gasteiger partial charge in [0, 0.05) is 12.4 Å². The van der Waals surface area contributed by atoms with Gasteiger partial charge in [-0.3, -0.25) is 13.9 Å². The lowest BCUT2D eigenvalue weighted by Gasteiger charge is -2.31. The molecule has 8 heteroatoms. The zero-order chi connectivity index (χ0) is 21.0. The van der Waals surface area contributed by atoms with Gasteiger partial charge >= 0.3 is 0 Å². The molecule has 1 aliphatic heterocycles. The monoisotopic (exact) mass is 413 g/mol. The van der Waals surface area contributed by atoms with Crippen LogP contribution in [0.2, 0.25) is 0 Å². The van der Waals surface area contributed by atoms with E-state index in [2.05, 4.69) is 10.6 Å². The Morgan fingerprint density at radius 2 is 1.79 bits per heavy atom. The first kappa shape index (κ1) is 20.6. The number of nitrogens with zero attached hydrogens (tertiary/aromatic N) is 1. The van der Waals surface area contributed by atoms with E-state index in [0.717, 1.165) is 15.4 Å². The maximum Gasteiger partial charge on any atom is 0.264 e. The van der Waals surface area contributed by atoms with Crippen LogP contribution in [0.3, 0.4) is 0 Å². The van der Waals surface area contributed by atoms with Gasteiger partial charge in [-0.25, -0.2) is 8.42 Å². The molecule has 2 aromatic carbocycles. The van der Waals surface area contributed by atoms with Crippen molar-refractivity contribution < 1.29 is 18.0 Å². The minimum Gasteiger partial charge on any atom is -0.350 e. The third-order valence-corrected chi connectivity index (χ3v) is 6.51. The maximum atomic E-state index is 13.0. The molecule has 0 aromatic heterocycles. The van der Waals surface area contributed by atoms with Crippen molar-refractivity contribution in [2.45, 2.75) is 37.2 Å². The van der Waals surface area contributed by atoms with Gasteiger partial charge < -0.3 is 10.6 Å². The van der Waals surface area contributed by atoms with Crippen LogP contribution in [0.1, 0.15) is 30.5 Å². The van der Waals surface area contributed by atoms with Crippen LogP contribution in [0, 0.1) is 6.92 Å². The van der Waals surface area contributed by atoms with Crippen molar-refractivity contribution in [1.29, 1.82) is 0 Å². The van der Waals surface area contributed by atoms with Crippen molar-refractivity contribution >= 4 is 21.8 Å². The van der Waals surface area contributed by atoms with E-state index in [1.807, 2.05) is 44.2 Å². The SMILES string of the molecule is Cc1ccc(S(=O)(=O)N2C=CNC(=O)[C@H]2CC(=O)N[C@H](C)c2ccccc2)cc1. The molecule has 2 atom stereocenters. The van der Waals surface area contributed by atoms with Gasteiger partial charge in [0.05, 0.1) is 17.4 Å². The number of nitrogens with one attached hydrogen (secondary N) is 2. The lowest BCUT2D eigenvalue weighted by molar-refractivity contribution is -0.129. The van der Waals surface area contributed by atoms with Crippen LogP contribution in [0.15, 0.2) is 71.9 Å². The highest BCUT2D eigenvalue weighted by molar-refractivity contribution is 7.89. The Hall–Kier alpha value is -3.13. The van der Waals surface area contributed by atoms with Crippen LogP contribution in [-0.4, -0.2) is 30.6 Å². The standard InChI is InChI=1S/C21H23N3O4S/c1-15-8-10-18(11-9-15)29(27,28)24-13-12-22-21(26)19(24)14-20(25)23-16(2)17-6-4-3-5-7-17/h3-13,16,19H,14H2,1-2H3,(H,22,26)(H,23,25)/t16-,19-/m1/s1. The first-order valence-electron chi connectivity index (χ1n) is 9.20. The number of hydrogen-bond donors (Lipinski definition) is 2. The van der Waals surface area contributed by atoms with Crippen molar-refractivity contribution in [3.63, 3.8) is 0 Å². The predicted molar refractivity (Wildman–Crippen MR) is 109 cm³/mol. The second-order valence-corrected chi connectivity index (χ2v) is 8.74. The highest BCUT2D eigenvalue weighted by Gasteiger charge is 2.37. The molecule has 0 saturated heterocycles. The Balaban J connectivity index is 1.79. The van der Waals surface area contributed by atoms with Crippen LogP contribution >= 0.6 is 0 Å². The van der Waals surface area contributed by atoms with Crippen LogP contribution in [0.25, 0.3) is 0 Å². The summed E-state index contributed by atoms with van der Waals surface area (Å²) in [5.41, 5.74) is 1.83. The molecule has 1 aliphatic rings. The minimum absolute atomic E-state index is 0.0607. The van der Waals surface area contributed by atoms with Gasteiger partial charge in [-0.05, 0) is 31.5 Å². The average molecular weight is 413 g/mol. The number of carbonyl (C=O) groups is 2. The summed E-state index contributed by atoms with van der Waals surface area (Å²) in [7, 11) is -3.98. The van der Waals surface area contributed by atoms with Crippen molar-refractivity contribution in [1.82, 2.24) is 14.9 Å². The molecule has 0 radical (unpaired) electrons. The molecule has 0 spiro atoms.